The van der Waals surface area contributed by atoms with E-state index in [1.54, 1.807) is 0 Å². The quantitative estimate of drug-likeness (QED) is 0.340. The number of methoxy groups -OCH3 is 1. The molecule has 2 rings (SSSR count). The Kier molecular flexibility index (Phi) is 56.2. The van der Waals surface area contributed by atoms with E-state index in [0.717, 1.165) is 23.1 Å². The molecule has 4 nitrogen and oxygen atoms in total. The number of halogens is 2. The molecule has 3 N–H and O–H groups in total. The van der Waals surface area contributed by atoms with E-state index in [2.05, 4.69) is 62.7 Å². The summed E-state index contributed by atoms with van der Waals surface area (Å²) >= 11 is 6.60. The fourth-order valence-corrected chi connectivity index (χ4v) is 2.40. The molecule has 1 aromatic rings. The molecule has 2 radical (unpaired) electrons. The number of ether oxygens (including phenoxy) is 1. The van der Waals surface area contributed by atoms with Gasteiger partial charge in [0, 0.05) is 125 Å². The van der Waals surface area contributed by atoms with Crippen molar-refractivity contribution in [2.75, 3.05) is 17.8 Å². The summed E-state index contributed by atoms with van der Waals surface area (Å²) in [6.45, 7) is 5.49. The first-order valence-corrected chi connectivity index (χ1v) is 9.67. The zero-order chi connectivity index (χ0) is 15.2. The van der Waals surface area contributed by atoms with Gasteiger partial charge in [-0.15, -0.1) is 0 Å². The number of hydrogen-bond acceptors (Lipinski definition) is 2. The number of rotatable bonds is 4. The summed E-state index contributed by atoms with van der Waals surface area (Å²) in [6, 6.07) is 4.06. The van der Waals surface area contributed by atoms with E-state index in [1.165, 1.54) is 25.7 Å². The minimum Gasteiger partial charge on any atom is -0.870 e. The Bertz CT molecular complexity index is 312. The van der Waals surface area contributed by atoms with Crippen molar-refractivity contribution >= 4 is 31.9 Å². The van der Waals surface area contributed by atoms with Gasteiger partial charge in [-0.05, 0) is 43.7 Å². The van der Waals surface area contributed by atoms with E-state index in [-0.39, 0.29) is 129 Å². The fraction of sp³-hybridized carbons (Fsp3) is 0.750. The number of hydrogen-bond donors (Lipinski definition) is 0. The van der Waals surface area contributed by atoms with Crippen LogP contribution in [-0.4, -0.2) is 39.4 Å². The number of aromatic nitrogens is 1. The Morgan fingerprint density at radius 3 is 1.80 bits per heavy atom. The average molecular weight is 923 g/mol. The van der Waals surface area contributed by atoms with Crippen LogP contribution in [0.1, 0.15) is 39.5 Å². The van der Waals surface area contributed by atoms with Gasteiger partial charge in [-0.25, -0.2) is 0 Å². The fourth-order valence-electron chi connectivity index (χ4n) is 1.99. The number of aryl methyl sites for hydroxylation is 1. The normalized spacial score (nSPS) is 16.5. The molecule has 0 saturated heterocycles. The largest absolute Gasteiger partial charge is 1.00 e. The zero-order valence-corrected chi connectivity index (χ0v) is 30.8. The van der Waals surface area contributed by atoms with Crippen molar-refractivity contribution in [3.63, 3.8) is 0 Å². The SMILES string of the molecule is BrCCn1cccc1.CCCBr.COC1CCC(C)C1.O.[Ac].[Ac].[Na+].[OH-]. The predicted molar refractivity (Wildman–Crippen MR) is 102 cm³/mol. The van der Waals surface area contributed by atoms with Crippen LogP contribution in [0, 0.1) is 94.0 Å². The Balaban J connectivity index is -0.0000000515. The molecular formula is C16H32Ac2Br2NNaO3. The van der Waals surface area contributed by atoms with E-state index < -0.39 is 0 Å². The third-order valence-corrected chi connectivity index (χ3v) is 4.33. The van der Waals surface area contributed by atoms with Crippen LogP contribution in [0.15, 0.2) is 24.5 Å². The van der Waals surface area contributed by atoms with Crippen LogP contribution in [0.2, 0.25) is 0 Å². The second-order valence-electron chi connectivity index (χ2n) is 5.07. The Hall–Kier alpha value is 4.00. The van der Waals surface area contributed by atoms with Gasteiger partial charge in [0.05, 0.1) is 6.10 Å². The first-order valence-electron chi connectivity index (χ1n) is 7.43. The maximum absolute atomic E-state index is 5.18. The molecule has 25 heavy (non-hydrogen) atoms. The minimum absolute atomic E-state index is 0. The number of alkyl halides is 2. The van der Waals surface area contributed by atoms with Crippen LogP contribution in [0.3, 0.4) is 0 Å². The van der Waals surface area contributed by atoms with E-state index in [9.17, 15) is 0 Å². The van der Waals surface area contributed by atoms with Crippen LogP contribution in [0.25, 0.3) is 0 Å². The van der Waals surface area contributed by atoms with E-state index in [0.29, 0.717) is 6.10 Å². The van der Waals surface area contributed by atoms with Gasteiger partial charge in [-0.1, -0.05) is 45.7 Å². The van der Waals surface area contributed by atoms with Gasteiger partial charge < -0.3 is 20.3 Å². The molecule has 1 saturated carbocycles. The van der Waals surface area contributed by atoms with Crippen molar-refractivity contribution in [2.45, 2.75) is 52.2 Å². The number of nitrogens with zero attached hydrogens (tertiary/aromatic N) is 1. The molecule has 0 bridgehead atoms. The zero-order valence-electron chi connectivity index (χ0n) is 16.1. The Labute approximate surface area is 265 Å². The van der Waals surface area contributed by atoms with E-state index in [1.807, 2.05) is 19.2 Å². The molecule has 1 aromatic heterocycles. The van der Waals surface area contributed by atoms with Gasteiger partial charge in [-0.2, -0.15) is 0 Å². The summed E-state index contributed by atoms with van der Waals surface area (Å²) in [5.41, 5.74) is 0. The second-order valence-corrected chi connectivity index (χ2v) is 6.66. The van der Waals surface area contributed by atoms with Gasteiger partial charge >= 0.3 is 29.6 Å². The van der Waals surface area contributed by atoms with E-state index in [4.69, 9.17) is 4.74 Å². The molecule has 0 amide bonds. The maximum Gasteiger partial charge on any atom is 1.00 e. The molecule has 9 heteroatoms. The summed E-state index contributed by atoms with van der Waals surface area (Å²) in [4.78, 5) is 0. The van der Waals surface area contributed by atoms with E-state index >= 15 is 0 Å². The molecule has 2 atom stereocenters. The third kappa shape index (κ3) is 28.0. The van der Waals surface area contributed by atoms with Crippen molar-refractivity contribution in [2.24, 2.45) is 5.92 Å². The second kappa shape index (κ2) is 32.7. The van der Waals surface area contributed by atoms with Gasteiger partial charge in [0.2, 0.25) is 0 Å². The van der Waals surface area contributed by atoms with Crippen LogP contribution in [0.4, 0.5) is 0 Å². The first kappa shape index (κ1) is 43.0. The summed E-state index contributed by atoms with van der Waals surface area (Å²) < 4.78 is 7.32. The van der Waals surface area contributed by atoms with Crippen molar-refractivity contribution < 1.29 is 133 Å². The monoisotopic (exact) mass is 921 g/mol. The van der Waals surface area contributed by atoms with Crippen LogP contribution in [-0.2, 0) is 11.3 Å². The first-order chi connectivity index (χ1) is 9.67. The van der Waals surface area contributed by atoms with Gasteiger partial charge in [0.1, 0.15) is 0 Å². The van der Waals surface area contributed by atoms with Crippen molar-refractivity contribution in [1.82, 2.24) is 4.57 Å². The van der Waals surface area contributed by atoms with Gasteiger partial charge in [0.25, 0.3) is 0 Å². The Morgan fingerprint density at radius 1 is 1.08 bits per heavy atom. The standard InChI is InChI=1S/C7H14O.C6H8BrN.C3H7Br.2Ac.Na.2H2O/c1-6-3-4-7(5-6)8-2;7-3-6-8-4-1-2-5-8;1-2-3-4;;;;;/h6-7H,3-5H2,1-2H3;1-2,4-5H,3,6H2;2-3H2,1H3;;;;2*1H2/q;;;;;+1;;/p-1. The molecule has 0 aromatic carbocycles. The van der Waals surface area contributed by atoms with Gasteiger partial charge in [0.15, 0.2) is 0 Å². The minimum atomic E-state index is 0. The topological polar surface area (TPSA) is 75.7 Å². The molecular weight excluding hydrogens is 891 g/mol. The summed E-state index contributed by atoms with van der Waals surface area (Å²) in [5.74, 6) is 0.903. The average Bonchev–Trinajstić information content (AvgIpc) is 3.11. The summed E-state index contributed by atoms with van der Waals surface area (Å²) in [5, 5.41) is 2.16. The molecule has 1 heterocycles. The smallest absolute Gasteiger partial charge is 0.870 e. The predicted octanol–water partition coefficient (Wildman–Crippen LogP) is 1.50. The van der Waals surface area contributed by atoms with Crippen LogP contribution < -0.4 is 29.6 Å². The molecule has 0 aliphatic heterocycles. The molecule has 1 aliphatic carbocycles. The molecule has 1 aliphatic rings. The maximum atomic E-state index is 5.18. The summed E-state index contributed by atoms with van der Waals surface area (Å²) in [6.07, 6.45) is 9.83. The molecule has 2 unspecified atom stereocenters. The molecule has 140 valence electrons. The molecule has 1 fully saturated rings. The van der Waals surface area contributed by atoms with Crippen LogP contribution >= 0.6 is 31.9 Å². The van der Waals surface area contributed by atoms with Gasteiger partial charge in [-0.3, -0.25) is 0 Å². The Morgan fingerprint density at radius 2 is 1.56 bits per heavy atom. The third-order valence-electron chi connectivity index (χ3n) is 3.18. The van der Waals surface area contributed by atoms with Crippen molar-refractivity contribution in [1.29, 1.82) is 0 Å². The van der Waals surface area contributed by atoms with Crippen LogP contribution in [0.5, 0.6) is 0 Å². The van der Waals surface area contributed by atoms with Crippen molar-refractivity contribution in [3.05, 3.63) is 24.5 Å². The van der Waals surface area contributed by atoms with Crippen molar-refractivity contribution in [3.8, 4) is 0 Å². The summed E-state index contributed by atoms with van der Waals surface area (Å²) in [7, 11) is 1.81. The molecule has 0 spiro atoms.